The van der Waals surface area contributed by atoms with Crippen molar-refractivity contribution in [3.63, 3.8) is 0 Å². The predicted octanol–water partition coefficient (Wildman–Crippen LogP) is 1.12. The minimum atomic E-state index is 0.214. The second kappa shape index (κ2) is 3.48. The van der Waals surface area contributed by atoms with Crippen LogP contribution < -0.4 is 0 Å². The molecule has 2 rings (SSSR count). The molecule has 2 aliphatic rings. The van der Waals surface area contributed by atoms with E-state index in [0.717, 1.165) is 25.5 Å². The molecular formula is C10H15NO2. The van der Waals surface area contributed by atoms with Crippen LogP contribution in [0, 0.1) is 0 Å². The Labute approximate surface area is 78.1 Å². The highest BCUT2D eigenvalue weighted by Crippen LogP contribution is 2.32. The van der Waals surface area contributed by atoms with Crippen LogP contribution in [0.3, 0.4) is 0 Å². The van der Waals surface area contributed by atoms with E-state index in [1.807, 2.05) is 4.90 Å². The summed E-state index contributed by atoms with van der Waals surface area (Å²) in [5.74, 6) is 0.261. The Bertz CT molecular complexity index is 227. The van der Waals surface area contributed by atoms with Gasteiger partial charge in [-0.1, -0.05) is 0 Å². The van der Waals surface area contributed by atoms with Gasteiger partial charge in [0.05, 0.1) is 0 Å². The molecule has 0 aromatic rings. The largest absolute Gasteiger partial charge is 0.336 e. The number of nitrogens with zero attached hydrogens (tertiary/aromatic N) is 1. The van der Waals surface area contributed by atoms with Crippen LogP contribution >= 0.6 is 0 Å². The van der Waals surface area contributed by atoms with Crippen LogP contribution in [0.1, 0.15) is 38.5 Å². The van der Waals surface area contributed by atoms with Crippen LogP contribution in [0.25, 0.3) is 0 Å². The SMILES string of the molecule is O=CC[C@H]1CCC[C@@H]2CCC(=O)N21. The van der Waals surface area contributed by atoms with Gasteiger partial charge in [0.25, 0.3) is 0 Å². The van der Waals surface area contributed by atoms with Crippen LogP contribution in [0.4, 0.5) is 0 Å². The highest BCUT2D eigenvalue weighted by molar-refractivity contribution is 5.79. The fourth-order valence-electron chi connectivity index (χ4n) is 2.62. The summed E-state index contributed by atoms with van der Waals surface area (Å²) in [4.78, 5) is 23.9. The van der Waals surface area contributed by atoms with E-state index in [1.165, 1.54) is 6.42 Å². The van der Waals surface area contributed by atoms with E-state index >= 15 is 0 Å². The first-order valence-corrected chi connectivity index (χ1v) is 5.07. The zero-order chi connectivity index (χ0) is 9.26. The lowest BCUT2D eigenvalue weighted by Gasteiger charge is -2.37. The average molecular weight is 181 g/mol. The number of hydrogen-bond donors (Lipinski definition) is 0. The smallest absolute Gasteiger partial charge is 0.223 e. The van der Waals surface area contributed by atoms with Crippen molar-refractivity contribution in [1.82, 2.24) is 4.90 Å². The van der Waals surface area contributed by atoms with Crippen LogP contribution in [0.5, 0.6) is 0 Å². The van der Waals surface area contributed by atoms with E-state index in [1.54, 1.807) is 0 Å². The Morgan fingerprint density at radius 1 is 1.38 bits per heavy atom. The molecule has 0 spiro atoms. The molecule has 13 heavy (non-hydrogen) atoms. The minimum Gasteiger partial charge on any atom is -0.336 e. The first-order chi connectivity index (χ1) is 6.33. The molecule has 0 N–H and O–H groups in total. The Kier molecular flexibility index (Phi) is 2.34. The van der Waals surface area contributed by atoms with Gasteiger partial charge in [-0.3, -0.25) is 4.79 Å². The van der Waals surface area contributed by atoms with Crippen LogP contribution in [0.2, 0.25) is 0 Å². The van der Waals surface area contributed by atoms with Gasteiger partial charge in [-0.05, 0) is 25.7 Å². The highest BCUT2D eigenvalue weighted by atomic mass is 16.2. The maximum absolute atomic E-state index is 11.5. The van der Waals surface area contributed by atoms with Gasteiger partial charge in [0.15, 0.2) is 0 Å². The number of piperidine rings is 1. The molecule has 3 heteroatoms. The highest BCUT2D eigenvalue weighted by Gasteiger charge is 2.38. The van der Waals surface area contributed by atoms with Gasteiger partial charge in [0.2, 0.25) is 5.91 Å². The van der Waals surface area contributed by atoms with Crippen molar-refractivity contribution in [2.75, 3.05) is 0 Å². The maximum atomic E-state index is 11.5. The van der Waals surface area contributed by atoms with Crippen molar-refractivity contribution < 1.29 is 9.59 Å². The van der Waals surface area contributed by atoms with E-state index in [9.17, 15) is 9.59 Å². The van der Waals surface area contributed by atoms with Crippen molar-refractivity contribution in [3.8, 4) is 0 Å². The number of fused-ring (bicyclic) bond motifs is 1. The summed E-state index contributed by atoms with van der Waals surface area (Å²) in [5.41, 5.74) is 0. The number of rotatable bonds is 2. The Hall–Kier alpha value is -0.860. The summed E-state index contributed by atoms with van der Waals surface area (Å²) in [5, 5.41) is 0. The maximum Gasteiger partial charge on any atom is 0.223 e. The molecule has 3 nitrogen and oxygen atoms in total. The van der Waals surface area contributed by atoms with E-state index in [0.29, 0.717) is 18.9 Å². The molecule has 0 aromatic heterocycles. The van der Waals surface area contributed by atoms with Gasteiger partial charge in [-0.25, -0.2) is 0 Å². The molecule has 72 valence electrons. The number of carbonyl (C=O) groups excluding carboxylic acids is 2. The lowest BCUT2D eigenvalue weighted by atomic mass is 9.95. The predicted molar refractivity (Wildman–Crippen MR) is 48.2 cm³/mol. The van der Waals surface area contributed by atoms with Crippen LogP contribution in [0.15, 0.2) is 0 Å². The van der Waals surface area contributed by atoms with Crippen molar-refractivity contribution in [2.45, 2.75) is 50.6 Å². The van der Waals surface area contributed by atoms with Crippen LogP contribution in [-0.2, 0) is 9.59 Å². The van der Waals surface area contributed by atoms with E-state index in [4.69, 9.17) is 0 Å². The number of hydrogen-bond acceptors (Lipinski definition) is 2. The number of carbonyl (C=O) groups is 2. The first-order valence-electron chi connectivity index (χ1n) is 5.07. The van der Waals surface area contributed by atoms with Crippen molar-refractivity contribution in [1.29, 1.82) is 0 Å². The third-order valence-electron chi connectivity index (χ3n) is 3.21. The van der Waals surface area contributed by atoms with E-state index in [-0.39, 0.29) is 11.9 Å². The van der Waals surface area contributed by atoms with Crippen LogP contribution in [-0.4, -0.2) is 29.2 Å². The van der Waals surface area contributed by atoms with Gasteiger partial charge >= 0.3 is 0 Å². The second-order valence-electron chi connectivity index (χ2n) is 3.98. The molecule has 2 fully saturated rings. The zero-order valence-electron chi connectivity index (χ0n) is 7.74. The lowest BCUT2D eigenvalue weighted by Crippen LogP contribution is -2.45. The van der Waals surface area contributed by atoms with E-state index in [2.05, 4.69) is 0 Å². The Balaban J connectivity index is 2.09. The summed E-state index contributed by atoms with van der Waals surface area (Å²) in [7, 11) is 0. The lowest BCUT2D eigenvalue weighted by molar-refractivity contribution is -0.133. The van der Waals surface area contributed by atoms with Gasteiger partial charge in [0.1, 0.15) is 6.29 Å². The second-order valence-corrected chi connectivity index (χ2v) is 3.98. The minimum absolute atomic E-state index is 0.214. The first kappa shape index (κ1) is 8.73. The average Bonchev–Trinajstić information content (AvgIpc) is 2.50. The monoisotopic (exact) mass is 181 g/mol. The zero-order valence-corrected chi connectivity index (χ0v) is 7.74. The molecule has 2 aliphatic heterocycles. The summed E-state index contributed by atoms with van der Waals surface area (Å²) in [6.45, 7) is 0. The molecule has 1 amide bonds. The van der Waals surface area contributed by atoms with E-state index < -0.39 is 0 Å². The van der Waals surface area contributed by atoms with Gasteiger partial charge in [-0.15, -0.1) is 0 Å². The number of amides is 1. The molecule has 0 saturated carbocycles. The quantitative estimate of drug-likeness (QED) is 0.599. The topological polar surface area (TPSA) is 37.4 Å². The summed E-state index contributed by atoms with van der Waals surface area (Å²) in [6, 6.07) is 0.664. The Morgan fingerprint density at radius 2 is 2.23 bits per heavy atom. The van der Waals surface area contributed by atoms with Crippen molar-refractivity contribution >= 4 is 12.2 Å². The molecule has 2 saturated heterocycles. The molecule has 0 aliphatic carbocycles. The molecule has 2 heterocycles. The summed E-state index contributed by atoms with van der Waals surface area (Å²) < 4.78 is 0. The van der Waals surface area contributed by atoms with Crippen molar-refractivity contribution in [3.05, 3.63) is 0 Å². The van der Waals surface area contributed by atoms with Gasteiger partial charge in [0, 0.05) is 24.9 Å². The molecule has 0 unspecified atom stereocenters. The standard InChI is InChI=1S/C10H15NO2/c12-7-6-9-3-1-2-8-4-5-10(13)11(8)9/h7-9H,1-6H2/t8-,9-/m1/s1. The third kappa shape index (κ3) is 1.47. The normalized spacial score (nSPS) is 33.2. The fourth-order valence-corrected chi connectivity index (χ4v) is 2.62. The van der Waals surface area contributed by atoms with Gasteiger partial charge in [-0.2, -0.15) is 0 Å². The Morgan fingerprint density at radius 3 is 3.00 bits per heavy atom. The summed E-state index contributed by atoms with van der Waals surface area (Å²) >= 11 is 0. The molecule has 2 atom stereocenters. The fraction of sp³-hybridized carbons (Fsp3) is 0.800. The summed E-state index contributed by atoms with van der Waals surface area (Å²) in [6.07, 6.45) is 6.50. The number of aldehydes is 1. The van der Waals surface area contributed by atoms with Gasteiger partial charge < -0.3 is 9.69 Å². The molecule has 0 radical (unpaired) electrons. The van der Waals surface area contributed by atoms with Crippen molar-refractivity contribution in [2.24, 2.45) is 0 Å². The molecular weight excluding hydrogens is 166 g/mol. The third-order valence-corrected chi connectivity index (χ3v) is 3.21. The molecule has 0 bridgehead atoms. The molecule has 0 aromatic carbocycles.